The number of nitrogens with zero attached hydrogens (tertiary/aromatic N) is 5. The first-order chi connectivity index (χ1) is 16.5. The van der Waals surface area contributed by atoms with Gasteiger partial charge in [-0.25, -0.2) is 19.3 Å². The third-order valence-electron chi connectivity index (χ3n) is 6.43. The van der Waals surface area contributed by atoms with Gasteiger partial charge >= 0.3 is 0 Å². The predicted octanol–water partition coefficient (Wildman–Crippen LogP) is 4.00. The minimum absolute atomic E-state index is 0.0280. The summed E-state index contributed by atoms with van der Waals surface area (Å²) < 4.78 is 17.7. The normalized spacial score (nSPS) is 17.8. The molecule has 6 rings (SSSR count). The number of anilines is 1. The van der Waals surface area contributed by atoms with Crippen LogP contribution in [0.15, 0.2) is 37.3 Å². The van der Waals surface area contributed by atoms with Crippen LogP contribution in [-0.2, 0) is 4.79 Å². The molecule has 1 aliphatic carbocycles. The third-order valence-corrected chi connectivity index (χ3v) is 7.61. The Morgan fingerprint density at radius 3 is 2.85 bits per heavy atom. The van der Waals surface area contributed by atoms with E-state index in [1.807, 2.05) is 10.8 Å². The largest absolute Gasteiger partial charge is 0.383 e. The van der Waals surface area contributed by atoms with E-state index in [1.54, 1.807) is 22.3 Å². The quantitative estimate of drug-likeness (QED) is 0.360. The number of carbonyl (C=O) groups is 1. The van der Waals surface area contributed by atoms with E-state index in [0.717, 1.165) is 34.5 Å². The number of aromatic nitrogens is 4. The summed E-state index contributed by atoms with van der Waals surface area (Å²) in [6, 6.07) is 3.27. The van der Waals surface area contributed by atoms with E-state index < -0.39 is 0 Å². The Bertz CT molecular complexity index is 1540. The van der Waals surface area contributed by atoms with Crippen LogP contribution in [0, 0.1) is 17.7 Å². The van der Waals surface area contributed by atoms with Crippen LogP contribution in [0.2, 0.25) is 0 Å². The van der Waals surface area contributed by atoms with E-state index in [-0.39, 0.29) is 17.8 Å². The van der Waals surface area contributed by atoms with E-state index in [9.17, 15) is 9.18 Å². The summed E-state index contributed by atoms with van der Waals surface area (Å²) >= 11 is 1.56. The first kappa shape index (κ1) is 20.8. The second-order valence-corrected chi connectivity index (χ2v) is 9.78. The molecule has 1 aromatic carbocycles. The maximum Gasteiger partial charge on any atom is 0.246 e. The lowest BCUT2D eigenvalue weighted by Gasteiger charge is -2.15. The zero-order chi connectivity index (χ0) is 23.4. The van der Waals surface area contributed by atoms with Crippen LogP contribution in [0.25, 0.3) is 21.3 Å². The van der Waals surface area contributed by atoms with E-state index >= 15 is 0 Å². The monoisotopic (exact) mass is 472 g/mol. The second kappa shape index (κ2) is 7.92. The molecule has 1 saturated carbocycles. The summed E-state index contributed by atoms with van der Waals surface area (Å²) in [6.45, 7) is 4.76. The van der Waals surface area contributed by atoms with Crippen LogP contribution in [0.1, 0.15) is 47.4 Å². The summed E-state index contributed by atoms with van der Waals surface area (Å²) in [5, 5.41) is 1.71. The first-order valence-electron chi connectivity index (χ1n) is 11.2. The fraction of sp³-hybridized carbons (Fsp3) is 0.280. The van der Waals surface area contributed by atoms with Gasteiger partial charge in [-0.3, -0.25) is 4.79 Å². The second-order valence-electron chi connectivity index (χ2n) is 8.71. The minimum atomic E-state index is -0.367. The number of nitrogen functional groups attached to an aromatic ring is 1. The summed E-state index contributed by atoms with van der Waals surface area (Å²) in [7, 11) is 0. The molecule has 0 radical (unpaired) electrons. The number of hydrogen-bond acceptors (Lipinski definition) is 6. The number of likely N-dealkylation sites (tertiary alicyclic amines) is 1. The van der Waals surface area contributed by atoms with Gasteiger partial charge in [0.25, 0.3) is 0 Å². The molecule has 170 valence electrons. The average Bonchev–Trinajstić information content (AvgIpc) is 3.25. The lowest BCUT2D eigenvalue weighted by atomic mass is 10.1. The number of thiazole rings is 1. The van der Waals surface area contributed by atoms with Gasteiger partial charge < -0.3 is 15.2 Å². The molecular weight excluding hydrogens is 451 g/mol. The number of fused-ring (bicyclic) bond motifs is 2. The summed E-state index contributed by atoms with van der Waals surface area (Å²) in [5.74, 6) is 6.44. The molecule has 2 N–H and O–H groups in total. The number of benzene rings is 1. The van der Waals surface area contributed by atoms with Crippen molar-refractivity contribution >= 4 is 44.3 Å². The van der Waals surface area contributed by atoms with Crippen LogP contribution in [0.4, 0.5) is 10.2 Å². The molecule has 1 saturated heterocycles. The molecule has 0 spiro atoms. The zero-order valence-electron chi connectivity index (χ0n) is 18.3. The molecule has 2 aliphatic rings. The number of nitrogens with two attached hydrogens (primary N) is 1. The molecule has 4 aromatic rings. The topological polar surface area (TPSA) is 89.9 Å². The molecule has 3 aromatic heterocycles. The smallest absolute Gasteiger partial charge is 0.246 e. The van der Waals surface area contributed by atoms with Gasteiger partial charge in [0, 0.05) is 25.2 Å². The molecule has 34 heavy (non-hydrogen) atoms. The molecule has 2 fully saturated rings. The molecule has 1 aliphatic heterocycles. The van der Waals surface area contributed by atoms with Gasteiger partial charge in [-0.05, 0) is 37.5 Å². The number of hydrogen-bond donors (Lipinski definition) is 1. The van der Waals surface area contributed by atoms with Gasteiger partial charge in [-0.15, -0.1) is 11.3 Å². The van der Waals surface area contributed by atoms with Crippen molar-refractivity contribution in [1.29, 1.82) is 0 Å². The summed E-state index contributed by atoms with van der Waals surface area (Å²) in [5.41, 5.74) is 8.53. The van der Waals surface area contributed by atoms with Gasteiger partial charge in [-0.2, -0.15) is 0 Å². The van der Waals surface area contributed by atoms with Crippen molar-refractivity contribution in [3.05, 3.63) is 59.3 Å². The number of halogens is 1. The summed E-state index contributed by atoms with van der Waals surface area (Å²) in [6.07, 6.45) is 7.71. The SMILES string of the molecule is C=CC(=O)N1CCC(n2cc(C#Cc3cc4nc(C5CC5)sc4cc3F)c3c(N)ncnc32)C1. The Labute approximate surface area is 199 Å². The highest BCUT2D eigenvalue weighted by atomic mass is 32.1. The highest BCUT2D eigenvalue weighted by Gasteiger charge is 2.29. The first-order valence-corrected chi connectivity index (χ1v) is 12.0. The van der Waals surface area contributed by atoms with Gasteiger partial charge in [0.15, 0.2) is 0 Å². The van der Waals surface area contributed by atoms with Crippen molar-refractivity contribution in [3.8, 4) is 11.8 Å². The molecule has 0 bridgehead atoms. The molecular formula is C25H21FN6OS. The molecule has 1 atom stereocenters. The third kappa shape index (κ3) is 3.51. The van der Waals surface area contributed by atoms with Crippen molar-refractivity contribution < 1.29 is 9.18 Å². The van der Waals surface area contributed by atoms with E-state index in [4.69, 9.17) is 5.73 Å². The maximum absolute atomic E-state index is 14.8. The van der Waals surface area contributed by atoms with Gasteiger partial charge in [0.05, 0.1) is 37.8 Å². The Morgan fingerprint density at radius 2 is 2.06 bits per heavy atom. The van der Waals surface area contributed by atoms with Gasteiger partial charge in [0.2, 0.25) is 5.91 Å². The van der Waals surface area contributed by atoms with Crippen LogP contribution in [0.5, 0.6) is 0 Å². The van der Waals surface area contributed by atoms with Crippen LogP contribution >= 0.6 is 11.3 Å². The zero-order valence-corrected chi connectivity index (χ0v) is 19.1. The van der Waals surface area contributed by atoms with Crippen molar-refractivity contribution in [2.45, 2.75) is 31.2 Å². The lowest BCUT2D eigenvalue weighted by Crippen LogP contribution is -2.27. The maximum atomic E-state index is 14.8. The lowest BCUT2D eigenvalue weighted by molar-refractivity contribution is -0.125. The van der Waals surface area contributed by atoms with Crippen LogP contribution < -0.4 is 5.73 Å². The molecule has 1 amide bonds. The Morgan fingerprint density at radius 1 is 1.24 bits per heavy atom. The Kier molecular flexibility index (Phi) is 4.85. The fourth-order valence-electron chi connectivity index (χ4n) is 4.48. The number of carbonyl (C=O) groups excluding carboxylic acids is 1. The van der Waals surface area contributed by atoms with Crippen LogP contribution in [-0.4, -0.2) is 43.4 Å². The number of amides is 1. The summed E-state index contributed by atoms with van der Waals surface area (Å²) in [4.78, 5) is 27.0. The van der Waals surface area contributed by atoms with Crippen molar-refractivity contribution in [2.75, 3.05) is 18.8 Å². The van der Waals surface area contributed by atoms with E-state index in [1.165, 1.54) is 18.5 Å². The molecule has 9 heteroatoms. The van der Waals surface area contributed by atoms with E-state index in [0.29, 0.717) is 47.0 Å². The highest BCUT2D eigenvalue weighted by molar-refractivity contribution is 7.18. The van der Waals surface area contributed by atoms with Gasteiger partial charge in [0.1, 0.15) is 23.6 Å². The Hall–Kier alpha value is -3.77. The molecule has 7 nitrogen and oxygen atoms in total. The predicted molar refractivity (Wildman–Crippen MR) is 130 cm³/mol. The Balaban J connectivity index is 1.39. The molecule has 1 unspecified atom stereocenters. The van der Waals surface area contributed by atoms with Crippen molar-refractivity contribution in [3.63, 3.8) is 0 Å². The van der Waals surface area contributed by atoms with E-state index in [2.05, 4.69) is 33.4 Å². The standard InChI is InChI=1S/C25H21FN6OS/c1-2-21(33)31-8-7-17(12-31)32-11-16(22-23(27)28-13-29-24(22)32)6-5-15-9-19-20(10-18(15)26)34-25(30-19)14-3-4-14/h2,9-11,13-14,17H,1,3-4,7-8,12H2,(H2,27,28,29). The van der Waals surface area contributed by atoms with Crippen molar-refractivity contribution in [1.82, 2.24) is 24.4 Å². The fourth-order valence-corrected chi connectivity index (χ4v) is 5.63. The van der Waals surface area contributed by atoms with Crippen LogP contribution in [0.3, 0.4) is 0 Å². The van der Waals surface area contributed by atoms with Crippen molar-refractivity contribution in [2.24, 2.45) is 0 Å². The number of rotatable bonds is 3. The highest BCUT2D eigenvalue weighted by Crippen LogP contribution is 2.43. The molecule has 4 heterocycles. The van der Waals surface area contributed by atoms with Gasteiger partial charge in [-0.1, -0.05) is 18.4 Å². The minimum Gasteiger partial charge on any atom is -0.383 e. The average molecular weight is 473 g/mol.